The molecule has 1 aromatic carbocycles. The van der Waals surface area contributed by atoms with Gasteiger partial charge in [-0.3, -0.25) is 4.79 Å². The summed E-state index contributed by atoms with van der Waals surface area (Å²) in [6.07, 6.45) is 1.80. The van der Waals surface area contributed by atoms with Crippen LogP contribution in [0.25, 0.3) is 0 Å². The highest BCUT2D eigenvalue weighted by Crippen LogP contribution is 2.16. The third-order valence-electron chi connectivity index (χ3n) is 3.18. The van der Waals surface area contributed by atoms with Gasteiger partial charge < -0.3 is 10.0 Å². The topological polar surface area (TPSA) is 40.5 Å². The molecule has 3 heteroatoms. The molecule has 0 radical (unpaired) electrons. The van der Waals surface area contributed by atoms with Crippen molar-refractivity contribution in [1.82, 2.24) is 4.90 Å². The van der Waals surface area contributed by atoms with E-state index in [-0.39, 0.29) is 5.92 Å². The van der Waals surface area contributed by atoms with Crippen LogP contribution < -0.4 is 0 Å². The Balaban J connectivity index is 1.78. The van der Waals surface area contributed by atoms with Crippen LogP contribution in [0.1, 0.15) is 12.0 Å². The van der Waals surface area contributed by atoms with E-state index in [0.717, 1.165) is 25.9 Å². The maximum Gasteiger partial charge on any atom is 0.307 e. The van der Waals surface area contributed by atoms with Gasteiger partial charge in [-0.05, 0) is 24.9 Å². The van der Waals surface area contributed by atoms with Crippen LogP contribution in [0.2, 0.25) is 0 Å². The Morgan fingerprint density at radius 1 is 1.38 bits per heavy atom. The van der Waals surface area contributed by atoms with E-state index < -0.39 is 5.97 Å². The predicted molar refractivity (Wildman–Crippen MR) is 62.3 cm³/mol. The summed E-state index contributed by atoms with van der Waals surface area (Å²) in [5.41, 5.74) is 1.32. The molecule has 1 unspecified atom stereocenters. The molecule has 86 valence electrons. The molecule has 1 N–H and O–H groups in total. The highest BCUT2D eigenvalue weighted by molar-refractivity contribution is 5.70. The van der Waals surface area contributed by atoms with Gasteiger partial charge in [0, 0.05) is 13.1 Å². The van der Waals surface area contributed by atoms with Crippen LogP contribution >= 0.6 is 0 Å². The molecule has 2 rings (SSSR count). The molecule has 0 saturated carbocycles. The number of aliphatic carboxylic acids is 1. The summed E-state index contributed by atoms with van der Waals surface area (Å²) < 4.78 is 0. The van der Waals surface area contributed by atoms with E-state index >= 15 is 0 Å². The third kappa shape index (κ3) is 2.83. The van der Waals surface area contributed by atoms with Gasteiger partial charge in [-0.1, -0.05) is 30.3 Å². The van der Waals surface area contributed by atoms with E-state index in [4.69, 9.17) is 5.11 Å². The normalized spacial score (nSPS) is 21.1. The molecule has 1 fully saturated rings. The lowest BCUT2D eigenvalue weighted by molar-refractivity contribution is -0.141. The summed E-state index contributed by atoms with van der Waals surface area (Å²) in [5, 5.41) is 8.89. The Morgan fingerprint density at radius 3 is 2.75 bits per heavy atom. The van der Waals surface area contributed by atoms with Crippen LogP contribution in [-0.4, -0.2) is 35.6 Å². The second-order valence-electron chi connectivity index (χ2n) is 4.36. The predicted octanol–water partition coefficient (Wildman–Crippen LogP) is 1.64. The Morgan fingerprint density at radius 2 is 2.12 bits per heavy atom. The number of likely N-dealkylation sites (tertiary alicyclic amines) is 1. The molecule has 1 atom stereocenters. The van der Waals surface area contributed by atoms with Crippen molar-refractivity contribution in [3.63, 3.8) is 0 Å². The molecular formula is C13H17NO2. The van der Waals surface area contributed by atoms with E-state index in [1.807, 2.05) is 18.2 Å². The van der Waals surface area contributed by atoms with Gasteiger partial charge in [-0.25, -0.2) is 0 Å². The minimum Gasteiger partial charge on any atom is -0.481 e. The van der Waals surface area contributed by atoms with Gasteiger partial charge in [0.05, 0.1) is 5.92 Å². The van der Waals surface area contributed by atoms with Crippen molar-refractivity contribution in [2.24, 2.45) is 5.92 Å². The van der Waals surface area contributed by atoms with Crippen molar-refractivity contribution in [3.05, 3.63) is 35.9 Å². The van der Waals surface area contributed by atoms with Gasteiger partial charge >= 0.3 is 5.97 Å². The summed E-state index contributed by atoms with van der Waals surface area (Å²) in [6, 6.07) is 10.3. The molecule has 16 heavy (non-hydrogen) atoms. The fourth-order valence-corrected chi connectivity index (χ4v) is 2.17. The summed E-state index contributed by atoms with van der Waals surface area (Å²) in [6.45, 7) is 2.60. The summed E-state index contributed by atoms with van der Waals surface area (Å²) in [7, 11) is 0. The first-order valence-corrected chi connectivity index (χ1v) is 5.75. The van der Waals surface area contributed by atoms with E-state index in [2.05, 4.69) is 17.0 Å². The molecule has 1 aliphatic rings. The average molecular weight is 219 g/mol. The Bertz CT molecular complexity index is 350. The molecule has 1 heterocycles. The Kier molecular flexibility index (Phi) is 3.57. The highest BCUT2D eigenvalue weighted by Gasteiger charge is 2.27. The van der Waals surface area contributed by atoms with Crippen molar-refractivity contribution in [1.29, 1.82) is 0 Å². The van der Waals surface area contributed by atoms with Crippen molar-refractivity contribution >= 4 is 5.97 Å². The number of benzene rings is 1. The Hall–Kier alpha value is -1.35. The Labute approximate surface area is 95.7 Å². The van der Waals surface area contributed by atoms with Gasteiger partial charge in [0.2, 0.25) is 0 Å². The first-order valence-electron chi connectivity index (χ1n) is 5.75. The van der Waals surface area contributed by atoms with Crippen LogP contribution in [0.3, 0.4) is 0 Å². The third-order valence-corrected chi connectivity index (χ3v) is 3.18. The number of hydrogen-bond acceptors (Lipinski definition) is 2. The second-order valence-corrected chi connectivity index (χ2v) is 4.36. The summed E-state index contributed by atoms with van der Waals surface area (Å²) in [5.74, 6) is -0.807. The van der Waals surface area contributed by atoms with Crippen LogP contribution in [0.5, 0.6) is 0 Å². The van der Waals surface area contributed by atoms with Crippen molar-refractivity contribution in [2.75, 3.05) is 19.6 Å². The lowest BCUT2D eigenvalue weighted by Crippen LogP contribution is -2.25. The fourth-order valence-electron chi connectivity index (χ4n) is 2.17. The van der Waals surface area contributed by atoms with Gasteiger partial charge in [0.1, 0.15) is 0 Å². The summed E-state index contributed by atoms with van der Waals surface area (Å²) in [4.78, 5) is 13.0. The molecule has 0 spiro atoms. The number of carbonyl (C=O) groups is 1. The van der Waals surface area contributed by atoms with Crippen molar-refractivity contribution < 1.29 is 9.90 Å². The van der Waals surface area contributed by atoms with Crippen LogP contribution in [0, 0.1) is 5.92 Å². The first kappa shape index (κ1) is 11.1. The SMILES string of the molecule is O=C(O)C1CCN(CCc2ccccc2)C1. The largest absolute Gasteiger partial charge is 0.481 e. The molecule has 0 bridgehead atoms. The highest BCUT2D eigenvalue weighted by atomic mass is 16.4. The fraction of sp³-hybridized carbons (Fsp3) is 0.462. The molecule has 1 aliphatic heterocycles. The van der Waals surface area contributed by atoms with E-state index in [0.29, 0.717) is 6.54 Å². The molecule has 0 aliphatic carbocycles. The van der Waals surface area contributed by atoms with Crippen LogP contribution in [0.15, 0.2) is 30.3 Å². The number of rotatable bonds is 4. The lowest BCUT2D eigenvalue weighted by atomic mass is 10.1. The zero-order valence-corrected chi connectivity index (χ0v) is 9.30. The molecule has 1 aromatic rings. The number of carboxylic acid groups (broad SMARTS) is 1. The molecule has 0 aromatic heterocycles. The van der Waals surface area contributed by atoms with Crippen molar-refractivity contribution in [3.8, 4) is 0 Å². The number of hydrogen-bond donors (Lipinski definition) is 1. The molecule has 1 saturated heterocycles. The molecular weight excluding hydrogens is 202 g/mol. The number of carboxylic acids is 1. The quantitative estimate of drug-likeness (QED) is 0.836. The van der Waals surface area contributed by atoms with Gasteiger partial charge in [0.15, 0.2) is 0 Å². The zero-order valence-electron chi connectivity index (χ0n) is 9.30. The maximum atomic E-state index is 10.8. The summed E-state index contributed by atoms with van der Waals surface area (Å²) >= 11 is 0. The van der Waals surface area contributed by atoms with Gasteiger partial charge in [-0.2, -0.15) is 0 Å². The van der Waals surface area contributed by atoms with Crippen molar-refractivity contribution in [2.45, 2.75) is 12.8 Å². The maximum absolute atomic E-state index is 10.8. The molecule has 0 amide bonds. The van der Waals surface area contributed by atoms with Crippen LogP contribution in [0.4, 0.5) is 0 Å². The van der Waals surface area contributed by atoms with Crippen LogP contribution in [-0.2, 0) is 11.2 Å². The van der Waals surface area contributed by atoms with E-state index in [9.17, 15) is 4.79 Å². The first-order chi connectivity index (χ1) is 7.75. The second kappa shape index (κ2) is 5.12. The monoisotopic (exact) mass is 219 g/mol. The minimum atomic E-state index is -0.651. The number of nitrogens with zero attached hydrogens (tertiary/aromatic N) is 1. The average Bonchev–Trinajstić information content (AvgIpc) is 2.76. The zero-order chi connectivity index (χ0) is 11.4. The van der Waals surface area contributed by atoms with Gasteiger partial charge in [-0.15, -0.1) is 0 Å². The standard InChI is InChI=1S/C13H17NO2/c15-13(16)12-7-9-14(10-12)8-6-11-4-2-1-3-5-11/h1-5,12H,6-10H2,(H,15,16). The van der Waals surface area contributed by atoms with Gasteiger partial charge in [0.25, 0.3) is 0 Å². The smallest absolute Gasteiger partial charge is 0.307 e. The minimum absolute atomic E-state index is 0.157. The van der Waals surface area contributed by atoms with E-state index in [1.165, 1.54) is 5.56 Å². The van der Waals surface area contributed by atoms with E-state index in [1.54, 1.807) is 0 Å². The lowest BCUT2D eigenvalue weighted by Gasteiger charge is -2.14. The molecule has 3 nitrogen and oxygen atoms in total.